The van der Waals surface area contributed by atoms with Gasteiger partial charge >= 0.3 is 0 Å². The Kier molecular flexibility index (Phi) is 9.88. The predicted molar refractivity (Wildman–Crippen MR) is 278 cm³/mol. The number of allylic oxidation sites excluding steroid dienone is 1. The fourth-order valence-corrected chi connectivity index (χ4v) is 10.9. The van der Waals surface area contributed by atoms with Crippen LogP contribution in [-0.2, 0) is 32.5 Å². The second-order valence-corrected chi connectivity index (χ2v) is 25.9. The van der Waals surface area contributed by atoms with Crippen LogP contribution < -0.4 is 0 Å². The standard InChI is InChI=1S/C64H74/c1-59(2,3)37-19-25-43-49(31-37)50-32-38(60(4,5)6)20-26-44(50)55(43)58(56-45-27-21-39(61(7,8)9)33-51(45)52-34-40(62(10,11)12)22-28-46(52)56)57-47-29-23-41(63(13,14)15)35-53(47)54-36-42(64(16,17)18)24-30-48(54)57/h19-36,55-56H,1-18H3. The van der Waals surface area contributed by atoms with Crippen LogP contribution in [-0.4, -0.2) is 0 Å². The molecule has 0 spiro atoms. The van der Waals surface area contributed by atoms with Crippen molar-refractivity contribution in [1.29, 1.82) is 0 Å². The summed E-state index contributed by atoms with van der Waals surface area (Å²) in [6.07, 6.45) is 0. The van der Waals surface area contributed by atoms with Crippen LogP contribution in [0.3, 0.4) is 0 Å². The van der Waals surface area contributed by atoms with Gasteiger partial charge in [-0.3, -0.25) is 0 Å². The summed E-state index contributed by atoms with van der Waals surface area (Å²) in [6.45, 7) is 42.4. The van der Waals surface area contributed by atoms with Gasteiger partial charge in [-0.1, -0.05) is 222 Å². The smallest absolute Gasteiger partial charge is 0.0330 e. The van der Waals surface area contributed by atoms with E-state index in [1.165, 1.54) is 111 Å². The summed E-state index contributed by atoms with van der Waals surface area (Å²) < 4.78 is 0. The molecule has 0 radical (unpaired) electrons. The molecule has 0 unspecified atom stereocenters. The first-order chi connectivity index (χ1) is 29.5. The van der Waals surface area contributed by atoms with Gasteiger partial charge in [0.25, 0.3) is 0 Å². The Morgan fingerprint density at radius 1 is 0.250 bits per heavy atom. The quantitative estimate of drug-likeness (QED) is 0.163. The fraction of sp³-hybridized carbons (Fsp3) is 0.406. The van der Waals surface area contributed by atoms with Gasteiger partial charge in [0.1, 0.15) is 0 Å². The minimum Gasteiger partial charge on any atom is -0.0582 e. The molecule has 0 heteroatoms. The van der Waals surface area contributed by atoms with Gasteiger partial charge in [0.15, 0.2) is 0 Å². The zero-order chi connectivity index (χ0) is 46.4. The molecule has 6 aromatic carbocycles. The molecule has 0 heterocycles. The summed E-state index contributed by atoms with van der Waals surface area (Å²) in [5.41, 5.74) is 28.1. The van der Waals surface area contributed by atoms with Gasteiger partial charge in [-0.15, -0.1) is 0 Å². The van der Waals surface area contributed by atoms with Crippen molar-refractivity contribution in [3.05, 3.63) is 182 Å². The number of rotatable bonds is 2. The Bertz CT molecular complexity index is 2590. The maximum absolute atomic E-state index is 2.55. The third-order valence-corrected chi connectivity index (χ3v) is 15.0. The minimum absolute atomic E-state index is 0.0177. The highest BCUT2D eigenvalue weighted by molar-refractivity contribution is 6.05. The van der Waals surface area contributed by atoms with Gasteiger partial charge in [0.2, 0.25) is 0 Å². The Morgan fingerprint density at radius 2 is 0.453 bits per heavy atom. The van der Waals surface area contributed by atoms with Crippen LogP contribution in [0.2, 0.25) is 0 Å². The molecule has 9 rings (SSSR count). The molecule has 64 heavy (non-hydrogen) atoms. The average molecular weight is 843 g/mol. The first-order valence-electron chi connectivity index (χ1n) is 24.2. The summed E-state index contributed by atoms with van der Waals surface area (Å²) in [4.78, 5) is 0. The Morgan fingerprint density at radius 3 is 0.672 bits per heavy atom. The second kappa shape index (κ2) is 14.3. The van der Waals surface area contributed by atoms with E-state index in [4.69, 9.17) is 0 Å². The zero-order valence-corrected chi connectivity index (χ0v) is 42.5. The molecule has 3 aliphatic carbocycles. The predicted octanol–water partition coefficient (Wildman–Crippen LogP) is 17.9. The molecule has 0 aliphatic heterocycles. The van der Waals surface area contributed by atoms with E-state index < -0.39 is 0 Å². The molecule has 0 N–H and O–H groups in total. The van der Waals surface area contributed by atoms with E-state index in [-0.39, 0.29) is 44.3 Å². The second-order valence-electron chi connectivity index (χ2n) is 25.9. The molecular formula is C64H74. The summed E-state index contributed by atoms with van der Waals surface area (Å²) in [7, 11) is 0. The molecule has 0 saturated heterocycles. The van der Waals surface area contributed by atoms with E-state index in [1.54, 1.807) is 0 Å². The first-order valence-corrected chi connectivity index (χ1v) is 24.2. The van der Waals surface area contributed by atoms with Crippen molar-refractivity contribution in [3.8, 4) is 33.4 Å². The highest BCUT2D eigenvalue weighted by Gasteiger charge is 2.44. The van der Waals surface area contributed by atoms with E-state index in [0.29, 0.717) is 0 Å². The third kappa shape index (κ3) is 7.27. The molecule has 3 aliphatic rings. The summed E-state index contributed by atoms with van der Waals surface area (Å²) in [5, 5.41) is 0. The van der Waals surface area contributed by atoms with Gasteiger partial charge in [-0.05, 0) is 156 Å². The van der Waals surface area contributed by atoms with Crippen molar-refractivity contribution >= 4 is 5.57 Å². The molecule has 0 nitrogen and oxygen atoms in total. The summed E-state index contributed by atoms with van der Waals surface area (Å²) in [5.74, 6) is 0.0830. The lowest BCUT2D eigenvalue weighted by atomic mass is 9.72. The largest absolute Gasteiger partial charge is 0.0582 e. The van der Waals surface area contributed by atoms with Crippen molar-refractivity contribution in [3.63, 3.8) is 0 Å². The van der Waals surface area contributed by atoms with Crippen LogP contribution in [0.25, 0.3) is 39.0 Å². The topological polar surface area (TPSA) is 0 Å². The zero-order valence-electron chi connectivity index (χ0n) is 42.5. The van der Waals surface area contributed by atoms with Gasteiger partial charge in [0.05, 0.1) is 0 Å². The van der Waals surface area contributed by atoms with E-state index in [9.17, 15) is 0 Å². The third-order valence-electron chi connectivity index (χ3n) is 15.0. The number of benzene rings is 6. The van der Waals surface area contributed by atoms with Crippen LogP contribution in [0, 0.1) is 0 Å². The van der Waals surface area contributed by atoms with Crippen molar-refractivity contribution < 1.29 is 0 Å². The molecule has 0 atom stereocenters. The van der Waals surface area contributed by atoms with E-state index >= 15 is 0 Å². The van der Waals surface area contributed by atoms with Crippen LogP contribution in [0.4, 0.5) is 0 Å². The van der Waals surface area contributed by atoms with Crippen molar-refractivity contribution in [2.24, 2.45) is 0 Å². The highest BCUT2D eigenvalue weighted by Crippen LogP contribution is 2.62. The van der Waals surface area contributed by atoms with Crippen molar-refractivity contribution in [2.45, 2.75) is 169 Å². The lowest BCUT2D eigenvalue weighted by Crippen LogP contribution is -2.15. The van der Waals surface area contributed by atoms with E-state index in [1.807, 2.05) is 0 Å². The fourth-order valence-electron chi connectivity index (χ4n) is 10.9. The Balaban J connectivity index is 1.47. The summed E-state index contributed by atoms with van der Waals surface area (Å²) in [6, 6.07) is 44.9. The highest BCUT2D eigenvalue weighted by atomic mass is 14.5. The first kappa shape index (κ1) is 44.3. The normalized spacial score (nSPS) is 15.2. The summed E-state index contributed by atoms with van der Waals surface area (Å²) >= 11 is 0. The van der Waals surface area contributed by atoms with Gasteiger partial charge in [0, 0.05) is 11.8 Å². The minimum atomic E-state index is 0.0177. The van der Waals surface area contributed by atoms with E-state index in [0.717, 1.165) is 0 Å². The Hall–Kier alpha value is -4.94. The molecule has 6 aromatic rings. The van der Waals surface area contributed by atoms with Gasteiger partial charge < -0.3 is 0 Å². The maximum Gasteiger partial charge on any atom is 0.0330 e. The maximum atomic E-state index is 2.55. The van der Waals surface area contributed by atoms with Crippen molar-refractivity contribution in [1.82, 2.24) is 0 Å². The molecule has 0 aromatic heterocycles. The molecular weight excluding hydrogens is 769 g/mol. The molecule has 330 valence electrons. The SMILES string of the molecule is CC(C)(C)c1ccc2c(c1)-c1cc(C(C)(C)C)ccc1C2=C(C1c2ccc(C(C)(C)C)cc2-c2cc(C(C)(C)C)ccc21)C1c2ccc(C(C)(C)C)cc2-c2cc(C(C)(C)C)ccc21. The van der Waals surface area contributed by atoms with Crippen molar-refractivity contribution in [2.75, 3.05) is 0 Å². The molecule has 0 bridgehead atoms. The van der Waals surface area contributed by atoms with E-state index in [2.05, 4.69) is 234 Å². The van der Waals surface area contributed by atoms with Crippen LogP contribution in [0.15, 0.2) is 115 Å². The monoisotopic (exact) mass is 843 g/mol. The molecule has 0 fully saturated rings. The number of hydrogen-bond donors (Lipinski definition) is 0. The number of fused-ring (bicyclic) bond motifs is 9. The van der Waals surface area contributed by atoms with Crippen LogP contribution in [0.1, 0.15) is 203 Å². The Labute approximate surface area is 387 Å². The lowest BCUT2D eigenvalue weighted by molar-refractivity contribution is 0.589. The molecule has 0 saturated carbocycles. The number of hydrogen-bond acceptors (Lipinski definition) is 0. The average Bonchev–Trinajstić information content (AvgIpc) is 3.81. The van der Waals surface area contributed by atoms with Crippen LogP contribution in [0.5, 0.6) is 0 Å². The molecule has 0 amide bonds. The lowest BCUT2D eigenvalue weighted by Gasteiger charge is -2.30. The van der Waals surface area contributed by atoms with Gasteiger partial charge in [-0.25, -0.2) is 0 Å². The van der Waals surface area contributed by atoms with Crippen LogP contribution >= 0.6 is 0 Å². The van der Waals surface area contributed by atoms with Gasteiger partial charge in [-0.2, -0.15) is 0 Å².